The summed E-state index contributed by atoms with van der Waals surface area (Å²) in [5.74, 6) is 0. The molecule has 0 N–H and O–H groups in total. The van der Waals surface area contributed by atoms with Crippen molar-refractivity contribution in [2.24, 2.45) is 7.05 Å². The highest BCUT2D eigenvalue weighted by atomic mass is 15.3. The third-order valence-electron chi connectivity index (χ3n) is 5.79. The smallest absolute Gasteiger partial charge is 0.0534 e. The Labute approximate surface area is 144 Å². The molecule has 0 saturated carbocycles. The molecule has 2 saturated heterocycles. The quantitative estimate of drug-likeness (QED) is 0.865. The minimum absolute atomic E-state index is 0.418. The lowest BCUT2D eigenvalue weighted by Crippen LogP contribution is -2.51. The summed E-state index contributed by atoms with van der Waals surface area (Å²) < 4.78 is 1.91. The Balaban J connectivity index is 1.37. The van der Waals surface area contributed by atoms with Crippen molar-refractivity contribution in [3.63, 3.8) is 0 Å². The zero-order valence-electron chi connectivity index (χ0n) is 14.6. The topological polar surface area (TPSA) is 37.2 Å². The van der Waals surface area contributed by atoms with Gasteiger partial charge in [-0.3, -0.25) is 19.5 Å². The number of aryl methyl sites for hydroxylation is 1. The van der Waals surface area contributed by atoms with Gasteiger partial charge in [-0.25, -0.2) is 0 Å². The van der Waals surface area contributed by atoms with Crippen LogP contribution in [-0.2, 0) is 20.1 Å². The number of piperidine rings is 1. The Bertz CT molecular complexity index is 657. The summed E-state index contributed by atoms with van der Waals surface area (Å²) in [7, 11) is 2.00. The summed E-state index contributed by atoms with van der Waals surface area (Å²) >= 11 is 0. The van der Waals surface area contributed by atoms with Crippen LogP contribution in [-0.4, -0.2) is 49.7 Å². The molecule has 0 aromatic carbocycles. The average molecular weight is 325 g/mol. The molecule has 2 aromatic heterocycles. The number of hydrogen-bond acceptors (Lipinski definition) is 4. The third-order valence-corrected chi connectivity index (χ3v) is 5.79. The minimum Gasteiger partial charge on any atom is -0.299 e. The highest BCUT2D eigenvalue weighted by Crippen LogP contribution is 2.39. The molecular formula is C19H27N5. The first-order chi connectivity index (χ1) is 11.7. The molecule has 5 heteroatoms. The largest absolute Gasteiger partial charge is 0.299 e. The van der Waals surface area contributed by atoms with Gasteiger partial charge in [-0.15, -0.1) is 0 Å². The van der Waals surface area contributed by atoms with E-state index in [1.54, 1.807) is 0 Å². The van der Waals surface area contributed by atoms with Crippen LogP contribution in [0.3, 0.4) is 0 Å². The maximum absolute atomic E-state index is 4.33. The SMILES string of the molecule is Cn1cc(CN2CCCC23CCN(Cc2cccnc2)CC3)cn1. The third kappa shape index (κ3) is 3.23. The van der Waals surface area contributed by atoms with Gasteiger partial charge in [0.1, 0.15) is 0 Å². The lowest BCUT2D eigenvalue weighted by Gasteiger charge is -2.45. The van der Waals surface area contributed by atoms with Crippen LogP contribution < -0.4 is 0 Å². The van der Waals surface area contributed by atoms with Crippen molar-refractivity contribution < 1.29 is 0 Å². The maximum Gasteiger partial charge on any atom is 0.0534 e. The van der Waals surface area contributed by atoms with E-state index in [1.807, 2.05) is 36.4 Å². The number of nitrogens with zero attached hydrogens (tertiary/aromatic N) is 5. The highest BCUT2D eigenvalue weighted by Gasteiger charge is 2.42. The molecule has 4 rings (SSSR count). The number of likely N-dealkylation sites (tertiary alicyclic amines) is 2. The summed E-state index contributed by atoms with van der Waals surface area (Å²) in [6, 6.07) is 4.22. The van der Waals surface area contributed by atoms with Crippen LogP contribution in [0.4, 0.5) is 0 Å². The first kappa shape index (κ1) is 15.8. The fraction of sp³-hybridized carbons (Fsp3) is 0.579. The van der Waals surface area contributed by atoms with Gasteiger partial charge in [0.15, 0.2) is 0 Å². The molecule has 4 heterocycles. The lowest BCUT2D eigenvalue weighted by molar-refractivity contribution is 0.0449. The van der Waals surface area contributed by atoms with Crippen molar-refractivity contribution in [2.45, 2.75) is 44.3 Å². The summed E-state index contributed by atoms with van der Waals surface area (Å²) in [6.45, 7) is 5.71. The molecule has 0 aliphatic carbocycles. The van der Waals surface area contributed by atoms with E-state index >= 15 is 0 Å². The van der Waals surface area contributed by atoms with Gasteiger partial charge in [0.2, 0.25) is 0 Å². The van der Waals surface area contributed by atoms with Crippen molar-refractivity contribution >= 4 is 0 Å². The summed E-state index contributed by atoms with van der Waals surface area (Å²) in [5.41, 5.74) is 3.09. The van der Waals surface area contributed by atoms with Crippen molar-refractivity contribution in [1.82, 2.24) is 24.6 Å². The molecule has 0 bridgehead atoms. The van der Waals surface area contributed by atoms with Crippen molar-refractivity contribution in [1.29, 1.82) is 0 Å². The molecule has 2 fully saturated rings. The fourth-order valence-electron chi connectivity index (χ4n) is 4.46. The predicted molar refractivity (Wildman–Crippen MR) is 94.3 cm³/mol. The molecule has 2 aromatic rings. The van der Waals surface area contributed by atoms with E-state index < -0.39 is 0 Å². The molecule has 2 aliphatic heterocycles. The van der Waals surface area contributed by atoms with Gasteiger partial charge in [0.05, 0.1) is 6.20 Å². The zero-order valence-corrected chi connectivity index (χ0v) is 14.6. The van der Waals surface area contributed by atoms with Crippen LogP contribution in [0.2, 0.25) is 0 Å². The van der Waals surface area contributed by atoms with Crippen LogP contribution in [0.1, 0.15) is 36.8 Å². The summed E-state index contributed by atoms with van der Waals surface area (Å²) in [6.07, 6.45) is 13.3. The van der Waals surface area contributed by atoms with Crippen molar-refractivity contribution in [3.8, 4) is 0 Å². The van der Waals surface area contributed by atoms with Gasteiger partial charge >= 0.3 is 0 Å². The predicted octanol–water partition coefficient (Wildman–Crippen LogP) is 2.45. The standard InChI is InChI=1S/C19H27N5/c1-22-14-18(13-21-22)16-24-9-3-5-19(24)6-10-23(11-7-19)15-17-4-2-8-20-12-17/h2,4,8,12-14H,3,5-7,9-11,15-16H2,1H3. The maximum atomic E-state index is 4.33. The highest BCUT2D eigenvalue weighted by molar-refractivity contribution is 5.10. The van der Waals surface area contributed by atoms with Gasteiger partial charge in [-0.2, -0.15) is 5.10 Å². The van der Waals surface area contributed by atoms with E-state index in [9.17, 15) is 0 Å². The van der Waals surface area contributed by atoms with E-state index in [4.69, 9.17) is 0 Å². The molecule has 5 nitrogen and oxygen atoms in total. The van der Waals surface area contributed by atoms with E-state index in [-0.39, 0.29) is 0 Å². The first-order valence-electron chi connectivity index (χ1n) is 9.07. The number of pyridine rings is 1. The monoisotopic (exact) mass is 325 g/mol. The van der Waals surface area contributed by atoms with E-state index in [1.165, 1.54) is 56.4 Å². The molecule has 0 radical (unpaired) electrons. The van der Waals surface area contributed by atoms with Crippen LogP contribution in [0.25, 0.3) is 0 Å². The van der Waals surface area contributed by atoms with Gasteiger partial charge in [-0.05, 0) is 43.9 Å². The van der Waals surface area contributed by atoms with Crippen LogP contribution in [0.15, 0.2) is 36.9 Å². The second kappa shape index (κ2) is 6.65. The fourth-order valence-corrected chi connectivity index (χ4v) is 4.46. The van der Waals surface area contributed by atoms with E-state index in [2.05, 4.69) is 32.1 Å². The second-order valence-corrected chi connectivity index (χ2v) is 7.41. The Morgan fingerprint density at radius 2 is 1.92 bits per heavy atom. The van der Waals surface area contributed by atoms with Crippen molar-refractivity contribution in [3.05, 3.63) is 48.0 Å². The number of hydrogen-bond donors (Lipinski definition) is 0. The number of rotatable bonds is 4. The Morgan fingerprint density at radius 3 is 2.62 bits per heavy atom. The summed E-state index contributed by atoms with van der Waals surface area (Å²) in [4.78, 5) is 9.55. The normalized spacial score (nSPS) is 21.5. The van der Waals surface area contributed by atoms with Crippen LogP contribution in [0.5, 0.6) is 0 Å². The molecular weight excluding hydrogens is 298 g/mol. The van der Waals surface area contributed by atoms with Gasteiger partial charge in [0, 0.05) is 62.9 Å². The molecule has 0 atom stereocenters. The van der Waals surface area contributed by atoms with Gasteiger partial charge < -0.3 is 0 Å². The second-order valence-electron chi connectivity index (χ2n) is 7.41. The zero-order chi connectivity index (χ0) is 16.4. The van der Waals surface area contributed by atoms with Crippen LogP contribution >= 0.6 is 0 Å². The Hall–Kier alpha value is -1.72. The molecule has 0 amide bonds. The van der Waals surface area contributed by atoms with E-state index in [0.29, 0.717) is 5.54 Å². The average Bonchev–Trinajstić information content (AvgIpc) is 3.18. The Kier molecular flexibility index (Phi) is 4.37. The summed E-state index contributed by atoms with van der Waals surface area (Å²) in [5, 5.41) is 4.33. The molecule has 2 aliphatic rings. The van der Waals surface area contributed by atoms with Crippen LogP contribution in [0, 0.1) is 0 Å². The molecule has 1 spiro atoms. The first-order valence-corrected chi connectivity index (χ1v) is 9.07. The molecule has 24 heavy (non-hydrogen) atoms. The number of aromatic nitrogens is 3. The van der Waals surface area contributed by atoms with Gasteiger partial charge in [0.25, 0.3) is 0 Å². The molecule has 0 unspecified atom stereocenters. The molecule has 128 valence electrons. The van der Waals surface area contributed by atoms with E-state index in [0.717, 1.165) is 13.1 Å². The van der Waals surface area contributed by atoms with Gasteiger partial charge in [-0.1, -0.05) is 6.07 Å². The lowest BCUT2D eigenvalue weighted by atomic mass is 9.84. The minimum atomic E-state index is 0.418. The van der Waals surface area contributed by atoms with Crippen molar-refractivity contribution in [2.75, 3.05) is 19.6 Å². The Morgan fingerprint density at radius 1 is 1.04 bits per heavy atom.